The van der Waals surface area contributed by atoms with E-state index in [1.165, 1.54) is 15.3 Å². The van der Waals surface area contributed by atoms with Crippen molar-refractivity contribution >= 4 is 38.2 Å². The second-order valence-corrected chi connectivity index (χ2v) is 7.16. The van der Waals surface area contributed by atoms with Gasteiger partial charge in [-0.15, -0.1) is 11.3 Å². The summed E-state index contributed by atoms with van der Waals surface area (Å²) in [5, 5.41) is 1.15. The van der Waals surface area contributed by atoms with Gasteiger partial charge in [-0.05, 0) is 40.5 Å². The number of rotatable bonds is 4. The van der Waals surface area contributed by atoms with E-state index >= 15 is 0 Å². The van der Waals surface area contributed by atoms with Crippen LogP contribution in [0.5, 0.6) is 0 Å². The SMILES string of the molecule is CCCC(N)c1ccc(-c2cccc3cc(Br)cnc23)s1. The molecule has 0 fully saturated rings. The Bertz CT molecular complexity index is 766. The maximum absolute atomic E-state index is 6.22. The highest BCUT2D eigenvalue weighted by Gasteiger charge is 2.12. The fourth-order valence-electron chi connectivity index (χ4n) is 2.48. The zero-order valence-electron chi connectivity index (χ0n) is 11.8. The minimum Gasteiger partial charge on any atom is -0.323 e. The predicted molar refractivity (Wildman–Crippen MR) is 94.6 cm³/mol. The van der Waals surface area contributed by atoms with Crippen molar-refractivity contribution in [3.05, 3.63) is 51.9 Å². The summed E-state index contributed by atoms with van der Waals surface area (Å²) in [7, 11) is 0. The van der Waals surface area contributed by atoms with Gasteiger partial charge < -0.3 is 5.73 Å². The number of fused-ring (bicyclic) bond motifs is 1. The highest BCUT2D eigenvalue weighted by molar-refractivity contribution is 9.10. The zero-order valence-corrected chi connectivity index (χ0v) is 14.2. The van der Waals surface area contributed by atoms with Crippen LogP contribution in [0.2, 0.25) is 0 Å². The van der Waals surface area contributed by atoms with E-state index in [-0.39, 0.29) is 6.04 Å². The van der Waals surface area contributed by atoms with E-state index in [0.717, 1.165) is 28.2 Å². The summed E-state index contributed by atoms with van der Waals surface area (Å²) in [5.41, 5.74) is 8.44. The highest BCUT2D eigenvalue weighted by atomic mass is 79.9. The number of pyridine rings is 1. The lowest BCUT2D eigenvalue weighted by Gasteiger charge is -2.07. The van der Waals surface area contributed by atoms with Crippen LogP contribution in [0.1, 0.15) is 30.7 Å². The second kappa shape index (κ2) is 6.26. The zero-order chi connectivity index (χ0) is 14.8. The molecule has 3 aromatic rings. The molecule has 0 amide bonds. The number of benzene rings is 1. The molecule has 0 aliphatic heterocycles. The molecule has 0 bridgehead atoms. The fraction of sp³-hybridized carbons (Fsp3) is 0.235. The molecule has 2 aromatic heterocycles. The number of hydrogen-bond donors (Lipinski definition) is 1. The van der Waals surface area contributed by atoms with E-state index < -0.39 is 0 Å². The summed E-state index contributed by atoms with van der Waals surface area (Å²) in [4.78, 5) is 7.06. The molecule has 2 nitrogen and oxygen atoms in total. The van der Waals surface area contributed by atoms with Crippen LogP contribution in [0, 0.1) is 0 Å². The monoisotopic (exact) mass is 360 g/mol. The first kappa shape index (κ1) is 14.7. The average molecular weight is 361 g/mol. The van der Waals surface area contributed by atoms with Crippen LogP contribution in [0.4, 0.5) is 0 Å². The molecule has 1 aromatic carbocycles. The summed E-state index contributed by atoms with van der Waals surface area (Å²) >= 11 is 5.25. The molecule has 0 aliphatic rings. The maximum Gasteiger partial charge on any atom is 0.0789 e. The molecule has 0 spiro atoms. The van der Waals surface area contributed by atoms with E-state index in [9.17, 15) is 0 Å². The molecule has 2 N–H and O–H groups in total. The summed E-state index contributed by atoms with van der Waals surface area (Å²) in [6.45, 7) is 2.17. The van der Waals surface area contributed by atoms with E-state index in [1.807, 2.05) is 6.20 Å². The molecule has 1 unspecified atom stereocenters. The molecule has 0 aliphatic carbocycles. The minimum absolute atomic E-state index is 0.144. The van der Waals surface area contributed by atoms with Crippen LogP contribution < -0.4 is 5.73 Å². The van der Waals surface area contributed by atoms with E-state index in [1.54, 1.807) is 11.3 Å². The molecule has 21 heavy (non-hydrogen) atoms. The molecular formula is C17H17BrN2S. The highest BCUT2D eigenvalue weighted by Crippen LogP contribution is 2.35. The van der Waals surface area contributed by atoms with Gasteiger partial charge in [0, 0.05) is 37.4 Å². The number of aromatic nitrogens is 1. The number of thiophene rings is 1. The normalized spacial score (nSPS) is 12.7. The summed E-state index contributed by atoms with van der Waals surface area (Å²) in [5.74, 6) is 0. The standard InChI is InChI=1S/C17H17BrN2S/c1-2-4-14(19)16-8-7-15(21-16)13-6-3-5-11-9-12(18)10-20-17(11)13/h3,5-10,14H,2,4,19H2,1H3. The van der Waals surface area contributed by atoms with Crippen molar-refractivity contribution in [2.75, 3.05) is 0 Å². The van der Waals surface area contributed by atoms with Gasteiger partial charge in [-0.2, -0.15) is 0 Å². The number of hydrogen-bond acceptors (Lipinski definition) is 3. The van der Waals surface area contributed by atoms with Crippen LogP contribution >= 0.6 is 27.3 Å². The third-order valence-corrected chi connectivity index (χ3v) is 5.22. The molecule has 1 atom stereocenters. The summed E-state index contributed by atoms with van der Waals surface area (Å²) in [6, 6.07) is 12.9. The summed E-state index contributed by atoms with van der Waals surface area (Å²) < 4.78 is 1.00. The van der Waals surface area contributed by atoms with Gasteiger partial charge in [-0.3, -0.25) is 4.98 Å². The third-order valence-electron chi connectivity index (χ3n) is 3.53. The quantitative estimate of drug-likeness (QED) is 0.664. The van der Waals surface area contributed by atoms with E-state index in [2.05, 4.69) is 64.2 Å². The molecule has 4 heteroatoms. The van der Waals surface area contributed by atoms with Gasteiger partial charge in [0.15, 0.2) is 0 Å². The van der Waals surface area contributed by atoms with Crippen molar-refractivity contribution in [2.24, 2.45) is 5.73 Å². The maximum atomic E-state index is 6.22. The van der Waals surface area contributed by atoms with Crippen molar-refractivity contribution in [3.63, 3.8) is 0 Å². The van der Waals surface area contributed by atoms with Crippen LogP contribution in [-0.4, -0.2) is 4.98 Å². The summed E-state index contributed by atoms with van der Waals surface area (Å²) in [6.07, 6.45) is 3.99. The van der Waals surface area contributed by atoms with Gasteiger partial charge in [0.25, 0.3) is 0 Å². The Hall–Kier alpha value is -1.23. The molecule has 108 valence electrons. The predicted octanol–water partition coefficient (Wildman–Crippen LogP) is 5.53. The van der Waals surface area contributed by atoms with Gasteiger partial charge in [-0.25, -0.2) is 0 Å². The van der Waals surface area contributed by atoms with Gasteiger partial charge in [0.05, 0.1) is 5.52 Å². The molecule has 0 saturated carbocycles. The Balaban J connectivity index is 2.05. The van der Waals surface area contributed by atoms with Crippen LogP contribution in [0.3, 0.4) is 0 Å². The Labute approximate surface area is 137 Å². The Kier molecular flexibility index (Phi) is 4.38. The molecule has 0 saturated heterocycles. The third kappa shape index (κ3) is 3.03. The molecular weight excluding hydrogens is 344 g/mol. The largest absolute Gasteiger partial charge is 0.323 e. The number of para-hydroxylation sites is 1. The van der Waals surface area contributed by atoms with Crippen molar-refractivity contribution in [2.45, 2.75) is 25.8 Å². The van der Waals surface area contributed by atoms with Gasteiger partial charge >= 0.3 is 0 Å². The van der Waals surface area contributed by atoms with Crippen molar-refractivity contribution < 1.29 is 0 Å². The van der Waals surface area contributed by atoms with E-state index in [4.69, 9.17) is 5.73 Å². The molecule has 2 heterocycles. The van der Waals surface area contributed by atoms with Crippen molar-refractivity contribution in [3.8, 4) is 10.4 Å². The second-order valence-electron chi connectivity index (χ2n) is 5.13. The first-order valence-electron chi connectivity index (χ1n) is 7.09. The smallest absolute Gasteiger partial charge is 0.0789 e. The lowest BCUT2D eigenvalue weighted by molar-refractivity contribution is 0.648. The van der Waals surface area contributed by atoms with Crippen LogP contribution in [-0.2, 0) is 0 Å². The first-order chi connectivity index (χ1) is 10.2. The van der Waals surface area contributed by atoms with Crippen LogP contribution in [0.25, 0.3) is 21.3 Å². The Morgan fingerprint density at radius 1 is 1.29 bits per heavy atom. The van der Waals surface area contributed by atoms with Crippen molar-refractivity contribution in [1.29, 1.82) is 0 Å². The lowest BCUT2D eigenvalue weighted by atomic mass is 10.1. The van der Waals surface area contributed by atoms with E-state index in [0.29, 0.717) is 0 Å². The number of nitrogens with two attached hydrogens (primary N) is 1. The first-order valence-corrected chi connectivity index (χ1v) is 8.70. The van der Waals surface area contributed by atoms with Gasteiger partial charge in [0.2, 0.25) is 0 Å². The number of halogens is 1. The van der Waals surface area contributed by atoms with Gasteiger partial charge in [0.1, 0.15) is 0 Å². The minimum atomic E-state index is 0.144. The molecule has 3 rings (SSSR count). The Morgan fingerprint density at radius 3 is 2.95 bits per heavy atom. The van der Waals surface area contributed by atoms with Crippen molar-refractivity contribution in [1.82, 2.24) is 4.98 Å². The average Bonchev–Trinajstić information content (AvgIpc) is 2.96. The fourth-order valence-corrected chi connectivity index (χ4v) is 3.90. The lowest BCUT2D eigenvalue weighted by Crippen LogP contribution is -2.07. The topological polar surface area (TPSA) is 38.9 Å². The number of nitrogens with zero attached hydrogens (tertiary/aromatic N) is 1. The van der Waals surface area contributed by atoms with Crippen LogP contribution in [0.15, 0.2) is 47.1 Å². The Morgan fingerprint density at radius 2 is 2.14 bits per heavy atom. The molecule has 0 radical (unpaired) electrons. The van der Waals surface area contributed by atoms with Gasteiger partial charge in [-0.1, -0.05) is 31.5 Å².